The number of anilines is 1. The number of methoxy groups -OCH3 is 1. The van der Waals surface area contributed by atoms with Crippen molar-refractivity contribution in [3.63, 3.8) is 0 Å². The summed E-state index contributed by atoms with van der Waals surface area (Å²) < 4.78 is 4.80. The van der Waals surface area contributed by atoms with E-state index in [0.29, 0.717) is 6.54 Å². The summed E-state index contributed by atoms with van der Waals surface area (Å²) in [6, 6.07) is 8.17. The first-order chi connectivity index (χ1) is 8.10. The maximum absolute atomic E-state index is 11.5. The van der Waals surface area contributed by atoms with Crippen molar-refractivity contribution in [1.82, 2.24) is 0 Å². The number of benzene rings is 1. The van der Waals surface area contributed by atoms with Crippen LogP contribution < -0.4 is 4.90 Å². The molecule has 0 fully saturated rings. The number of nitrogens with zero attached hydrogens (tertiary/aromatic N) is 1. The Morgan fingerprint density at radius 3 is 2.59 bits per heavy atom. The van der Waals surface area contributed by atoms with Gasteiger partial charge in [-0.2, -0.15) is 0 Å². The summed E-state index contributed by atoms with van der Waals surface area (Å²) in [4.78, 5) is 13.7. The van der Waals surface area contributed by atoms with Crippen LogP contribution in [0.1, 0.15) is 18.9 Å². The second-order valence-electron chi connectivity index (χ2n) is 4.30. The molecule has 1 aromatic carbocycles. The van der Waals surface area contributed by atoms with E-state index in [1.54, 1.807) is 0 Å². The molecule has 0 aliphatic rings. The van der Waals surface area contributed by atoms with Gasteiger partial charge in [0.05, 0.1) is 13.0 Å². The van der Waals surface area contributed by atoms with Crippen LogP contribution in [0.3, 0.4) is 0 Å². The first-order valence-electron chi connectivity index (χ1n) is 5.94. The number of carbonyl (C=O) groups excluding carboxylic acids is 1. The summed E-state index contributed by atoms with van der Waals surface area (Å²) >= 11 is 0. The molecular formula is C14H21NO2. The van der Waals surface area contributed by atoms with Crippen molar-refractivity contribution in [2.75, 3.05) is 25.6 Å². The van der Waals surface area contributed by atoms with E-state index in [1.165, 1.54) is 12.7 Å². The maximum atomic E-state index is 11.5. The third-order valence-corrected chi connectivity index (χ3v) is 3.05. The Kier molecular flexibility index (Phi) is 5.01. The molecule has 0 bridgehead atoms. The van der Waals surface area contributed by atoms with E-state index in [4.69, 9.17) is 4.74 Å². The minimum atomic E-state index is -0.132. The number of esters is 1. The lowest BCUT2D eigenvalue weighted by molar-refractivity contribution is -0.145. The Bertz CT molecular complexity index is 376. The molecular weight excluding hydrogens is 214 g/mol. The van der Waals surface area contributed by atoms with Gasteiger partial charge in [-0.25, -0.2) is 0 Å². The zero-order chi connectivity index (χ0) is 12.8. The number of aryl methyl sites for hydroxylation is 1. The highest BCUT2D eigenvalue weighted by atomic mass is 16.5. The second-order valence-corrected chi connectivity index (χ2v) is 4.30. The van der Waals surface area contributed by atoms with Crippen LogP contribution in [0, 0.1) is 12.8 Å². The summed E-state index contributed by atoms with van der Waals surface area (Å²) in [7, 11) is 3.45. The maximum Gasteiger partial charge on any atom is 0.310 e. The largest absolute Gasteiger partial charge is 0.469 e. The molecule has 1 atom stereocenters. The number of ether oxygens (including phenoxy) is 1. The summed E-state index contributed by atoms with van der Waals surface area (Å²) in [5.41, 5.74) is 2.38. The summed E-state index contributed by atoms with van der Waals surface area (Å²) in [6.07, 6.45) is 0.795. The summed E-state index contributed by atoms with van der Waals surface area (Å²) in [5, 5.41) is 0. The fraction of sp³-hybridized carbons (Fsp3) is 0.500. The van der Waals surface area contributed by atoms with Crippen LogP contribution in [0.25, 0.3) is 0 Å². The molecule has 0 saturated heterocycles. The van der Waals surface area contributed by atoms with E-state index < -0.39 is 0 Å². The first kappa shape index (κ1) is 13.6. The molecule has 0 saturated carbocycles. The van der Waals surface area contributed by atoms with Gasteiger partial charge < -0.3 is 9.64 Å². The number of para-hydroxylation sites is 1. The molecule has 0 aliphatic heterocycles. The fourth-order valence-corrected chi connectivity index (χ4v) is 1.96. The van der Waals surface area contributed by atoms with Crippen molar-refractivity contribution in [3.8, 4) is 0 Å². The summed E-state index contributed by atoms with van der Waals surface area (Å²) in [6.45, 7) is 4.77. The van der Waals surface area contributed by atoms with Crippen LogP contribution >= 0.6 is 0 Å². The fourth-order valence-electron chi connectivity index (χ4n) is 1.96. The predicted octanol–water partition coefficient (Wildman–Crippen LogP) is 2.63. The normalized spacial score (nSPS) is 12.0. The summed E-state index contributed by atoms with van der Waals surface area (Å²) in [5.74, 6) is -0.197. The van der Waals surface area contributed by atoms with Crippen molar-refractivity contribution >= 4 is 11.7 Å². The van der Waals surface area contributed by atoms with E-state index in [-0.39, 0.29) is 11.9 Å². The van der Waals surface area contributed by atoms with Crippen LogP contribution in [0.5, 0.6) is 0 Å². The second kappa shape index (κ2) is 6.28. The predicted molar refractivity (Wildman–Crippen MR) is 70.2 cm³/mol. The highest BCUT2D eigenvalue weighted by molar-refractivity contribution is 5.73. The lowest BCUT2D eigenvalue weighted by atomic mass is 10.1. The van der Waals surface area contributed by atoms with Gasteiger partial charge in [-0.05, 0) is 25.0 Å². The molecule has 17 heavy (non-hydrogen) atoms. The minimum Gasteiger partial charge on any atom is -0.469 e. The van der Waals surface area contributed by atoms with E-state index >= 15 is 0 Å². The van der Waals surface area contributed by atoms with Gasteiger partial charge >= 0.3 is 5.97 Å². The van der Waals surface area contributed by atoms with Gasteiger partial charge in [0.25, 0.3) is 0 Å². The quantitative estimate of drug-likeness (QED) is 0.735. The van der Waals surface area contributed by atoms with Crippen molar-refractivity contribution < 1.29 is 9.53 Å². The highest BCUT2D eigenvalue weighted by Crippen LogP contribution is 2.20. The molecule has 94 valence electrons. The van der Waals surface area contributed by atoms with E-state index in [1.807, 2.05) is 26.1 Å². The number of carbonyl (C=O) groups is 1. The molecule has 0 radical (unpaired) electrons. The zero-order valence-corrected chi connectivity index (χ0v) is 11.1. The van der Waals surface area contributed by atoms with E-state index in [2.05, 4.69) is 24.0 Å². The van der Waals surface area contributed by atoms with E-state index in [9.17, 15) is 4.79 Å². The van der Waals surface area contributed by atoms with Gasteiger partial charge in [-0.1, -0.05) is 25.1 Å². The molecule has 1 rings (SSSR count). The Morgan fingerprint density at radius 1 is 1.41 bits per heavy atom. The molecule has 0 aliphatic carbocycles. The monoisotopic (exact) mass is 235 g/mol. The number of rotatable bonds is 5. The Morgan fingerprint density at radius 2 is 2.06 bits per heavy atom. The Hall–Kier alpha value is -1.51. The third kappa shape index (κ3) is 3.48. The van der Waals surface area contributed by atoms with Crippen molar-refractivity contribution in [2.24, 2.45) is 5.92 Å². The number of hydrogen-bond donors (Lipinski definition) is 0. The third-order valence-electron chi connectivity index (χ3n) is 3.05. The van der Waals surface area contributed by atoms with Crippen LogP contribution in [0.15, 0.2) is 24.3 Å². The van der Waals surface area contributed by atoms with Gasteiger partial charge in [0.1, 0.15) is 0 Å². The van der Waals surface area contributed by atoms with Gasteiger partial charge in [0.2, 0.25) is 0 Å². The standard InChI is InChI=1S/C14H21NO2/c1-5-12(14(16)17-4)10-15(3)13-9-7-6-8-11(13)2/h6-9,12H,5,10H2,1-4H3. The Labute approximate surface area is 103 Å². The minimum absolute atomic E-state index is 0.0652. The van der Waals surface area contributed by atoms with Crippen LogP contribution in [0.4, 0.5) is 5.69 Å². The van der Waals surface area contributed by atoms with Gasteiger partial charge in [0, 0.05) is 19.3 Å². The lowest BCUT2D eigenvalue weighted by Crippen LogP contribution is -2.31. The van der Waals surface area contributed by atoms with Crippen LogP contribution in [-0.4, -0.2) is 26.7 Å². The van der Waals surface area contributed by atoms with Crippen LogP contribution in [-0.2, 0) is 9.53 Å². The van der Waals surface area contributed by atoms with Gasteiger partial charge in [-0.15, -0.1) is 0 Å². The van der Waals surface area contributed by atoms with Gasteiger partial charge in [0.15, 0.2) is 0 Å². The molecule has 0 heterocycles. The molecule has 1 aromatic rings. The van der Waals surface area contributed by atoms with E-state index in [0.717, 1.165) is 12.1 Å². The molecule has 3 nitrogen and oxygen atoms in total. The van der Waals surface area contributed by atoms with Crippen molar-refractivity contribution in [1.29, 1.82) is 0 Å². The van der Waals surface area contributed by atoms with Crippen LogP contribution in [0.2, 0.25) is 0 Å². The average Bonchev–Trinajstić information content (AvgIpc) is 2.35. The Balaban J connectivity index is 2.74. The zero-order valence-electron chi connectivity index (χ0n) is 11.1. The molecule has 0 N–H and O–H groups in total. The molecule has 1 unspecified atom stereocenters. The molecule has 0 aromatic heterocycles. The molecule has 0 spiro atoms. The average molecular weight is 235 g/mol. The van der Waals surface area contributed by atoms with Gasteiger partial charge in [-0.3, -0.25) is 4.79 Å². The highest BCUT2D eigenvalue weighted by Gasteiger charge is 2.19. The first-order valence-corrected chi connectivity index (χ1v) is 5.94. The molecule has 3 heteroatoms. The molecule has 0 amide bonds. The lowest BCUT2D eigenvalue weighted by Gasteiger charge is -2.25. The van der Waals surface area contributed by atoms with Crippen molar-refractivity contribution in [3.05, 3.63) is 29.8 Å². The number of hydrogen-bond acceptors (Lipinski definition) is 3. The topological polar surface area (TPSA) is 29.5 Å². The SMILES string of the molecule is CCC(CN(C)c1ccccc1C)C(=O)OC. The van der Waals surface area contributed by atoms with Crippen molar-refractivity contribution in [2.45, 2.75) is 20.3 Å². The smallest absolute Gasteiger partial charge is 0.310 e.